The van der Waals surface area contributed by atoms with E-state index in [0.717, 1.165) is 12.3 Å². The summed E-state index contributed by atoms with van der Waals surface area (Å²) >= 11 is 0. The maximum atomic E-state index is 13.6. The molecule has 2 rings (SSSR count). The lowest BCUT2D eigenvalue weighted by Gasteiger charge is -2.12. The molecule has 2 aromatic rings. The van der Waals surface area contributed by atoms with Gasteiger partial charge in [0.2, 0.25) is 10.0 Å². The van der Waals surface area contributed by atoms with Crippen LogP contribution < -0.4 is 10.5 Å². The third kappa shape index (κ3) is 6.04. The number of hydrogen-bond donors (Lipinski definition) is 2. The minimum Gasteiger partial charge on any atom is -0.354 e. The largest absolute Gasteiger partial charge is 0.417 e. The molecule has 26 heavy (non-hydrogen) atoms. The van der Waals surface area contributed by atoms with Crippen molar-refractivity contribution >= 4 is 10.0 Å². The zero-order valence-electron chi connectivity index (χ0n) is 13.6. The Kier molecular flexibility index (Phi) is 6.32. The second-order valence-corrected chi connectivity index (χ2v) is 7.70. The average molecular weight is 392 g/mol. The van der Waals surface area contributed by atoms with Gasteiger partial charge < -0.3 is 5.73 Å². The molecule has 5 nitrogen and oxygen atoms in total. The summed E-state index contributed by atoms with van der Waals surface area (Å²) in [7, 11) is -3.80. The predicted octanol–water partition coefficient (Wildman–Crippen LogP) is 1.51. The van der Waals surface area contributed by atoms with Crippen molar-refractivity contribution in [3.63, 3.8) is 0 Å². The average Bonchev–Trinajstić information content (AvgIpc) is 2.54. The monoisotopic (exact) mass is 392 g/mol. The van der Waals surface area contributed by atoms with Crippen LogP contribution >= 0.6 is 0 Å². The molecule has 0 aliphatic carbocycles. The molecule has 0 aliphatic rings. The van der Waals surface area contributed by atoms with Gasteiger partial charge in [-0.05, 0) is 23.3 Å². The van der Waals surface area contributed by atoms with Gasteiger partial charge in [-0.15, -0.1) is 0 Å². The standard InChI is InChI=1S/C16H17F4N3O2S/c17-15-4-2-1-3-12(15)6-14(21)10-26(24,25)23-8-11-5-13(9-22-7-11)16(18,19)20/h1-5,7,9,14,23H,6,8,10,21H2/p+1. The van der Waals surface area contributed by atoms with Crippen molar-refractivity contribution in [3.8, 4) is 0 Å². The van der Waals surface area contributed by atoms with Crippen LogP contribution in [0.4, 0.5) is 17.6 Å². The van der Waals surface area contributed by atoms with Crippen LogP contribution in [0, 0.1) is 5.82 Å². The van der Waals surface area contributed by atoms with Gasteiger partial charge in [-0.25, -0.2) is 17.5 Å². The first-order chi connectivity index (χ1) is 12.1. The van der Waals surface area contributed by atoms with E-state index in [2.05, 4.69) is 15.4 Å². The highest BCUT2D eigenvalue weighted by Gasteiger charge is 2.31. The van der Waals surface area contributed by atoms with Crippen molar-refractivity contribution < 1.29 is 31.7 Å². The van der Waals surface area contributed by atoms with E-state index >= 15 is 0 Å². The van der Waals surface area contributed by atoms with Crippen LogP contribution in [0.15, 0.2) is 42.7 Å². The Morgan fingerprint density at radius 1 is 1.19 bits per heavy atom. The number of pyridine rings is 1. The quantitative estimate of drug-likeness (QED) is 0.701. The fraction of sp³-hybridized carbons (Fsp3) is 0.312. The first-order valence-electron chi connectivity index (χ1n) is 7.62. The van der Waals surface area contributed by atoms with E-state index in [4.69, 9.17) is 0 Å². The Labute approximate surface area is 148 Å². The Bertz CT molecular complexity index is 857. The number of halogens is 4. The molecule has 1 unspecified atom stereocenters. The third-order valence-electron chi connectivity index (χ3n) is 3.54. The molecule has 0 amide bonds. The van der Waals surface area contributed by atoms with Gasteiger partial charge in [0, 0.05) is 25.4 Å². The van der Waals surface area contributed by atoms with E-state index in [0.29, 0.717) is 11.8 Å². The SMILES string of the molecule is [NH3+]C(Cc1ccccc1F)CS(=O)(=O)NCc1cncc(C(F)(F)F)c1. The molecule has 0 saturated heterocycles. The van der Waals surface area contributed by atoms with Crippen LogP contribution in [0.2, 0.25) is 0 Å². The normalized spacial score (nSPS) is 13.6. The van der Waals surface area contributed by atoms with Crippen molar-refractivity contribution in [2.75, 3.05) is 5.75 Å². The first-order valence-corrected chi connectivity index (χ1v) is 9.27. The van der Waals surface area contributed by atoms with Crippen molar-refractivity contribution in [1.82, 2.24) is 9.71 Å². The molecule has 0 bridgehead atoms. The van der Waals surface area contributed by atoms with Gasteiger partial charge in [-0.2, -0.15) is 13.2 Å². The van der Waals surface area contributed by atoms with E-state index in [1.807, 2.05) is 0 Å². The van der Waals surface area contributed by atoms with Crippen LogP contribution in [0.1, 0.15) is 16.7 Å². The van der Waals surface area contributed by atoms with Gasteiger partial charge in [0.25, 0.3) is 0 Å². The van der Waals surface area contributed by atoms with Crippen molar-refractivity contribution in [2.24, 2.45) is 0 Å². The van der Waals surface area contributed by atoms with Gasteiger partial charge in [-0.1, -0.05) is 18.2 Å². The number of aromatic nitrogens is 1. The third-order valence-corrected chi connectivity index (χ3v) is 5.03. The number of nitrogens with one attached hydrogen (secondary N) is 1. The molecule has 1 aromatic carbocycles. The van der Waals surface area contributed by atoms with E-state index in [1.54, 1.807) is 12.1 Å². The Morgan fingerprint density at radius 3 is 2.54 bits per heavy atom. The number of quaternary nitrogens is 1. The second-order valence-electron chi connectivity index (χ2n) is 5.84. The number of nitrogens with zero attached hydrogens (tertiary/aromatic N) is 1. The van der Waals surface area contributed by atoms with Crippen LogP contribution in [-0.4, -0.2) is 25.2 Å². The molecule has 1 heterocycles. The van der Waals surface area contributed by atoms with Gasteiger partial charge in [-0.3, -0.25) is 4.98 Å². The summed E-state index contributed by atoms with van der Waals surface area (Å²) < 4.78 is 77.9. The van der Waals surface area contributed by atoms with Crippen LogP contribution in [0.5, 0.6) is 0 Å². The summed E-state index contributed by atoms with van der Waals surface area (Å²) in [6, 6.07) is 6.19. The molecule has 0 saturated carbocycles. The number of benzene rings is 1. The van der Waals surface area contributed by atoms with Gasteiger partial charge in [0.15, 0.2) is 0 Å². The summed E-state index contributed by atoms with van der Waals surface area (Å²) in [5, 5.41) is 0. The number of hydrogen-bond acceptors (Lipinski definition) is 3. The highest BCUT2D eigenvalue weighted by molar-refractivity contribution is 7.89. The maximum absolute atomic E-state index is 13.6. The van der Waals surface area contributed by atoms with Crippen LogP contribution in [0.25, 0.3) is 0 Å². The molecular weight excluding hydrogens is 374 g/mol. The highest BCUT2D eigenvalue weighted by atomic mass is 32.2. The number of rotatable bonds is 7. The summed E-state index contributed by atoms with van der Waals surface area (Å²) in [6.07, 6.45) is -2.62. The van der Waals surface area contributed by atoms with E-state index in [9.17, 15) is 26.0 Å². The van der Waals surface area contributed by atoms with Gasteiger partial charge in [0.1, 0.15) is 17.6 Å². The topological polar surface area (TPSA) is 86.7 Å². The van der Waals surface area contributed by atoms with Crippen molar-refractivity contribution in [2.45, 2.75) is 25.2 Å². The highest BCUT2D eigenvalue weighted by Crippen LogP contribution is 2.28. The zero-order valence-corrected chi connectivity index (χ0v) is 14.4. The Balaban J connectivity index is 1.95. The van der Waals surface area contributed by atoms with E-state index in [-0.39, 0.29) is 24.3 Å². The van der Waals surface area contributed by atoms with Crippen LogP contribution in [-0.2, 0) is 29.2 Å². The second kappa shape index (κ2) is 8.11. The van der Waals surface area contributed by atoms with Crippen LogP contribution in [0.3, 0.4) is 0 Å². The predicted molar refractivity (Wildman–Crippen MR) is 86.6 cm³/mol. The van der Waals surface area contributed by atoms with E-state index < -0.39 is 33.6 Å². The van der Waals surface area contributed by atoms with Crippen molar-refractivity contribution in [3.05, 3.63) is 65.2 Å². The summed E-state index contributed by atoms with van der Waals surface area (Å²) in [4.78, 5) is 3.47. The molecule has 0 aliphatic heterocycles. The molecular formula is C16H18F4N3O2S+. The molecule has 0 radical (unpaired) electrons. The lowest BCUT2D eigenvalue weighted by Crippen LogP contribution is -2.65. The van der Waals surface area contributed by atoms with Gasteiger partial charge in [0.05, 0.1) is 5.56 Å². The molecule has 1 atom stereocenters. The summed E-state index contributed by atoms with van der Waals surface area (Å²) in [5.74, 6) is -0.824. The summed E-state index contributed by atoms with van der Waals surface area (Å²) in [5.41, 5.74) is 3.19. The molecule has 0 fully saturated rings. The van der Waals surface area contributed by atoms with Crippen molar-refractivity contribution in [1.29, 1.82) is 0 Å². The lowest BCUT2D eigenvalue weighted by molar-refractivity contribution is -0.411. The Hall–Kier alpha value is -2.04. The fourth-order valence-corrected chi connectivity index (χ4v) is 3.58. The molecule has 1 aromatic heterocycles. The minimum absolute atomic E-state index is 0.0816. The van der Waals surface area contributed by atoms with E-state index in [1.165, 1.54) is 12.1 Å². The molecule has 10 heteroatoms. The molecule has 4 N–H and O–H groups in total. The fourth-order valence-electron chi connectivity index (χ4n) is 2.34. The lowest BCUT2D eigenvalue weighted by atomic mass is 10.1. The maximum Gasteiger partial charge on any atom is 0.417 e. The number of alkyl halides is 3. The molecule has 142 valence electrons. The molecule has 0 spiro atoms. The summed E-state index contributed by atoms with van der Waals surface area (Å²) in [6.45, 7) is -0.328. The Morgan fingerprint density at radius 2 is 1.88 bits per heavy atom. The first kappa shape index (κ1) is 20.3. The zero-order chi connectivity index (χ0) is 19.4. The smallest absolute Gasteiger partial charge is 0.354 e. The number of sulfonamides is 1. The van der Waals surface area contributed by atoms with Gasteiger partial charge >= 0.3 is 6.18 Å². The minimum atomic E-state index is -4.56.